The van der Waals surface area contributed by atoms with Gasteiger partial charge in [-0.05, 0) is 117 Å². The highest BCUT2D eigenvalue weighted by Crippen LogP contribution is 2.89. The molecule has 316 valence electrons. The highest BCUT2D eigenvalue weighted by Gasteiger charge is 2.85. The molecular formula is C41H68O14. The van der Waals surface area contributed by atoms with Crippen molar-refractivity contribution < 1.29 is 69.6 Å². The Hall–Kier alpha value is -0.560. The molecule has 2 spiro atoms. The first-order valence-electron chi connectivity index (χ1n) is 20.9. The minimum absolute atomic E-state index is 0.0633. The Morgan fingerprint density at radius 3 is 2.05 bits per heavy atom. The molecule has 3 unspecified atom stereocenters. The largest absolute Gasteiger partial charge is 0.394 e. The van der Waals surface area contributed by atoms with Gasteiger partial charge in [-0.3, -0.25) is 0 Å². The first-order valence-corrected chi connectivity index (χ1v) is 20.9. The van der Waals surface area contributed by atoms with Gasteiger partial charge in [0.15, 0.2) is 12.6 Å². The summed E-state index contributed by atoms with van der Waals surface area (Å²) in [6, 6.07) is 0. The van der Waals surface area contributed by atoms with Crippen LogP contribution in [-0.4, -0.2) is 150 Å². The Morgan fingerprint density at radius 1 is 0.709 bits per heavy atom. The number of hydrogen-bond donors (Lipinski definition) is 9. The lowest BCUT2D eigenvalue weighted by Crippen LogP contribution is -2.65. The van der Waals surface area contributed by atoms with E-state index in [4.69, 9.17) is 23.7 Å². The van der Waals surface area contributed by atoms with Crippen molar-refractivity contribution in [1.82, 2.24) is 0 Å². The van der Waals surface area contributed by atoms with Crippen LogP contribution in [0.1, 0.15) is 106 Å². The van der Waals surface area contributed by atoms with E-state index in [2.05, 4.69) is 34.6 Å². The van der Waals surface area contributed by atoms with Gasteiger partial charge in [-0.1, -0.05) is 27.7 Å². The van der Waals surface area contributed by atoms with Gasteiger partial charge in [-0.15, -0.1) is 0 Å². The average Bonchev–Trinajstić information content (AvgIpc) is 3.47. The number of aliphatic hydroxyl groups is 9. The van der Waals surface area contributed by atoms with Crippen molar-refractivity contribution in [2.45, 2.75) is 197 Å². The Morgan fingerprint density at radius 2 is 1.40 bits per heavy atom. The fourth-order valence-electron chi connectivity index (χ4n) is 14.9. The van der Waals surface area contributed by atoms with Gasteiger partial charge in [0.05, 0.1) is 48.8 Å². The minimum Gasteiger partial charge on any atom is -0.394 e. The molecule has 5 saturated carbocycles. The maximum absolute atomic E-state index is 12.2. The highest BCUT2D eigenvalue weighted by molar-refractivity contribution is 5.33. The van der Waals surface area contributed by atoms with E-state index in [0.717, 1.165) is 32.1 Å². The normalized spacial score (nSPS) is 58.7. The molecule has 21 atom stereocenters. The third-order valence-electron chi connectivity index (χ3n) is 17.6. The number of aliphatic hydroxyl groups excluding tert-OH is 8. The maximum Gasteiger partial charge on any atom is 0.186 e. The lowest BCUT2D eigenvalue weighted by Gasteiger charge is -2.65. The van der Waals surface area contributed by atoms with Gasteiger partial charge in [0.2, 0.25) is 0 Å². The molecule has 8 rings (SSSR count). The maximum atomic E-state index is 12.2. The molecule has 14 nitrogen and oxygen atoms in total. The predicted molar refractivity (Wildman–Crippen MR) is 194 cm³/mol. The third-order valence-corrected chi connectivity index (χ3v) is 17.6. The molecule has 14 heteroatoms. The van der Waals surface area contributed by atoms with E-state index in [1.807, 2.05) is 0 Å². The van der Waals surface area contributed by atoms with Gasteiger partial charge in [0.25, 0.3) is 0 Å². The molecule has 0 radical (unpaired) electrons. The Balaban J connectivity index is 1.15. The number of rotatable bonds is 7. The molecule has 9 N–H and O–H groups in total. The summed E-state index contributed by atoms with van der Waals surface area (Å²) in [6.07, 6.45) is -7.48. The van der Waals surface area contributed by atoms with Crippen molar-refractivity contribution in [3.05, 3.63) is 0 Å². The smallest absolute Gasteiger partial charge is 0.186 e. The quantitative estimate of drug-likeness (QED) is 0.162. The molecule has 0 aromatic heterocycles. The Labute approximate surface area is 324 Å². The molecule has 3 aliphatic heterocycles. The fourth-order valence-corrected chi connectivity index (χ4v) is 14.9. The van der Waals surface area contributed by atoms with Crippen LogP contribution in [0.25, 0.3) is 0 Å². The number of ether oxygens (including phenoxy) is 5. The first-order chi connectivity index (χ1) is 25.5. The summed E-state index contributed by atoms with van der Waals surface area (Å²) < 4.78 is 31.9. The average molecular weight is 785 g/mol. The lowest BCUT2D eigenvalue weighted by molar-refractivity contribution is -0.339. The number of fused-ring (bicyclic) bond motifs is 2. The molecule has 8 fully saturated rings. The van der Waals surface area contributed by atoms with Crippen LogP contribution >= 0.6 is 0 Å². The van der Waals surface area contributed by atoms with E-state index < -0.39 is 96.8 Å². The Kier molecular flexibility index (Phi) is 9.90. The van der Waals surface area contributed by atoms with Gasteiger partial charge in [-0.2, -0.15) is 0 Å². The second kappa shape index (κ2) is 13.2. The SMILES string of the molecule is CC(C)(O)[C@@H]1CCC(C)([C@H]2[C@@H](O)C[C@@]3(C)C4C[C@H](O[C@@H]5O[C@H](CO)[C@@H](O)[C@H](O)[C@H]5O)C5C(C)(C)[C@@H](O[C@@H]6OC[C@@H](O)[C@H](O)[C@H]6O)CC[C@@]56C[C@@]46CC[C@]23C)O1. The molecule has 0 aromatic rings. The van der Waals surface area contributed by atoms with Crippen LogP contribution in [0.15, 0.2) is 0 Å². The summed E-state index contributed by atoms with van der Waals surface area (Å²) in [6.45, 7) is 13.8. The van der Waals surface area contributed by atoms with E-state index in [9.17, 15) is 46.0 Å². The van der Waals surface area contributed by atoms with Crippen LogP contribution in [0.4, 0.5) is 0 Å². The van der Waals surface area contributed by atoms with Crippen LogP contribution in [0, 0.1) is 44.8 Å². The first kappa shape index (κ1) is 41.2. The summed E-state index contributed by atoms with van der Waals surface area (Å²) in [4.78, 5) is 0. The molecule has 55 heavy (non-hydrogen) atoms. The van der Waals surface area contributed by atoms with Crippen LogP contribution in [-0.2, 0) is 23.7 Å². The summed E-state index contributed by atoms with van der Waals surface area (Å²) >= 11 is 0. The van der Waals surface area contributed by atoms with Gasteiger partial charge < -0.3 is 69.6 Å². The minimum atomic E-state index is -1.60. The zero-order valence-corrected chi connectivity index (χ0v) is 33.6. The van der Waals surface area contributed by atoms with Crippen LogP contribution in [0.3, 0.4) is 0 Å². The predicted octanol–water partition coefficient (Wildman–Crippen LogP) is 0.724. The lowest BCUT2D eigenvalue weighted by atomic mass is 9.41. The molecule has 0 amide bonds. The van der Waals surface area contributed by atoms with Crippen molar-refractivity contribution in [1.29, 1.82) is 0 Å². The molecule has 5 aliphatic carbocycles. The van der Waals surface area contributed by atoms with Crippen molar-refractivity contribution >= 4 is 0 Å². The van der Waals surface area contributed by atoms with Crippen LogP contribution in [0.5, 0.6) is 0 Å². The summed E-state index contributed by atoms with van der Waals surface area (Å²) in [7, 11) is 0. The molecule has 8 aliphatic rings. The molecule has 0 aromatic carbocycles. The molecular weight excluding hydrogens is 716 g/mol. The van der Waals surface area contributed by atoms with Gasteiger partial charge in [0, 0.05) is 5.92 Å². The van der Waals surface area contributed by atoms with E-state index in [0.29, 0.717) is 25.7 Å². The van der Waals surface area contributed by atoms with Crippen LogP contribution < -0.4 is 0 Å². The fraction of sp³-hybridized carbons (Fsp3) is 1.00. The van der Waals surface area contributed by atoms with E-state index in [1.165, 1.54) is 0 Å². The van der Waals surface area contributed by atoms with Gasteiger partial charge >= 0.3 is 0 Å². The highest BCUT2D eigenvalue weighted by atomic mass is 16.7. The Bertz CT molecular complexity index is 1460. The topological polar surface area (TPSA) is 228 Å². The molecule has 3 saturated heterocycles. The van der Waals surface area contributed by atoms with Crippen molar-refractivity contribution in [3.8, 4) is 0 Å². The summed E-state index contributed by atoms with van der Waals surface area (Å²) in [5, 5.41) is 97.2. The molecule has 3 heterocycles. The third kappa shape index (κ3) is 5.70. The zero-order valence-electron chi connectivity index (χ0n) is 33.6. The monoisotopic (exact) mass is 784 g/mol. The standard InChI is InChI=1S/C41H68O14/c1-35(2)24(54-33-29(48)26(45)20(44)17-51-33)9-11-41-18-40(41)13-12-37(5)31(39(7)10-8-25(55-39)36(3,4)50)19(43)15-38(37,6)23(40)14-21(32(35)41)52-34-30(49)28(47)27(46)22(16-42)53-34/h19-34,42-50H,8-18H2,1-7H3/t19-,20+,21-,22+,23?,24-,25-,26-,27+,28-,29+,30+,31-,32?,33-,34+,37+,38-,39?,40-,41+/m0/s1. The van der Waals surface area contributed by atoms with Crippen molar-refractivity contribution in [3.63, 3.8) is 0 Å². The van der Waals surface area contributed by atoms with Crippen molar-refractivity contribution in [2.24, 2.45) is 44.8 Å². The van der Waals surface area contributed by atoms with E-state index in [1.54, 1.807) is 13.8 Å². The summed E-state index contributed by atoms with van der Waals surface area (Å²) in [5.41, 5.74) is -3.16. The van der Waals surface area contributed by atoms with E-state index in [-0.39, 0.29) is 52.1 Å². The van der Waals surface area contributed by atoms with Crippen molar-refractivity contribution in [2.75, 3.05) is 13.2 Å². The summed E-state index contributed by atoms with van der Waals surface area (Å²) in [5.74, 6) is -0.215. The second-order valence-electron chi connectivity index (χ2n) is 21.1. The molecule has 0 bridgehead atoms. The van der Waals surface area contributed by atoms with E-state index >= 15 is 0 Å². The second-order valence-corrected chi connectivity index (χ2v) is 21.1. The zero-order chi connectivity index (χ0) is 40.1. The number of hydrogen-bond acceptors (Lipinski definition) is 14. The van der Waals surface area contributed by atoms with Gasteiger partial charge in [0.1, 0.15) is 42.7 Å². The van der Waals surface area contributed by atoms with Gasteiger partial charge in [-0.25, -0.2) is 0 Å². The van der Waals surface area contributed by atoms with Crippen LogP contribution in [0.2, 0.25) is 0 Å².